The predicted molar refractivity (Wildman–Crippen MR) is 181 cm³/mol. The minimum absolute atomic E-state index is 0.0698. The van der Waals surface area contributed by atoms with Crippen LogP contribution in [-0.4, -0.2) is 17.7 Å². The van der Waals surface area contributed by atoms with Crippen LogP contribution in [0.25, 0.3) is 17.2 Å². The number of carbonyl (C=O) groups is 3. The van der Waals surface area contributed by atoms with E-state index in [-0.39, 0.29) is 24.1 Å². The summed E-state index contributed by atoms with van der Waals surface area (Å²) in [7, 11) is 0. The predicted octanol–water partition coefficient (Wildman–Crippen LogP) is 7.84. The normalized spacial score (nSPS) is 11.7. The SMILES string of the molecule is CC(NC(=O)Cc1ccc(NC(=O)/C(=C/c2ccc(Cl)cc2)NC(=O)c2ccccc2)cc1)c1ccc(-c2ccccc2)cc1. The Morgan fingerprint density at radius 2 is 1.31 bits per heavy atom. The third-order valence-electron chi connectivity index (χ3n) is 7.18. The van der Waals surface area contributed by atoms with Crippen LogP contribution in [0.15, 0.2) is 139 Å². The molecule has 0 spiro atoms. The summed E-state index contributed by atoms with van der Waals surface area (Å²) in [5.74, 6) is -1.01. The molecule has 0 heterocycles. The Kier molecular flexibility index (Phi) is 10.2. The fourth-order valence-corrected chi connectivity index (χ4v) is 4.85. The van der Waals surface area contributed by atoms with Crippen molar-refractivity contribution >= 4 is 41.1 Å². The summed E-state index contributed by atoms with van der Waals surface area (Å²) in [5, 5.41) is 9.18. The average molecular weight is 614 g/mol. The zero-order valence-electron chi connectivity index (χ0n) is 24.7. The molecule has 224 valence electrons. The molecule has 0 aliphatic carbocycles. The standard InChI is InChI=1S/C38H32ClN3O3/c1-26(29-16-18-31(19-17-29)30-8-4-2-5-9-30)40-36(43)25-28-14-22-34(23-15-28)41-38(45)35(24-27-12-20-33(39)21-13-27)42-37(44)32-10-6-3-7-11-32/h2-24,26H,25H2,1H3,(H,40,43)(H,41,45)(H,42,44)/b35-24-. The lowest BCUT2D eigenvalue weighted by Gasteiger charge is -2.15. The highest BCUT2D eigenvalue weighted by molar-refractivity contribution is 6.30. The molecule has 6 nitrogen and oxygen atoms in total. The first-order valence-corrected chi connectivity index (χ1v) is 14.9. The first kappa shape index (κ1) is 31.0. The molecule has 0 bridgehead atoms. The first-order chi connectivity index (χ1) is 21.8. The molecular weight excluding hydrogens is 582 g/mol. The Balaban J connectivity index is 1.20. The van der Waals surface area contributed by atoms with Gasteiger partial charge in [-0.25, -0.2) is 0 Å². The average Bonchev–Trinajstić information content (AvgIpc) is 3.07. The fraction of sp³-hybridized carbons (Fsp3) is 0.0789. The summed E-state index contributed by atoms with van der Waals surface area (Å²) >= 11 is 6.01. The van der Waals surface area contributed by atoms with Gasteiger partial charge in [0.05, 0.1) is 12.5 Å². The third kappa shape index (κ3) is 8.78. The van der Waals surface area contributed by atoms with E-state index < -0.39 is 11.8 Å². The van der Waals surface area contributed by atoms with Crippen LogP contribution in [-0.2, 0) is 16.0 Å². The number of anilines is 1. The lowest BCUT2D eigenvalue weighted by Crippen LogP contribution is -2.30. The minimum Gasteiger partial charge on any atom is -0.349 e. The maximum absolute atomic E-state index is 13.3. The van der Waals surface area contributed by atoms with Crippen LogP contribution >= 0.6 is 11.6 Å². The number of carbonyl (C=O) groups excluding carboxylic acids is 3. The summed E-state index contributed by atoms with van der Waals surface area (Å²) in [5.41, 5.74) is 5.79. The number of halogens is 1. The third-order valence-corrected chi connectivity index (χ3v) is 7.43. The van der Waals surface area contributed by atoms with Gasteiger partial charge >= 0.3 is 0 Å². The molecule has 0 aliphatic heterocycles. The van der Waals surface area contributed by atoms with E-state index >= 15 is 0 Å². The van der Waals surface area contributed by atoms with Crippen LogP contribution in [0.4, 0.5) is 5.69 Å². The van der Waals surface area contributed by atoms with Gasteiger partial charge in [0, 0.05) is 16.3 Å². The van der Waals surface area contributed by atoms with Gasteiger partial charge < -0.3 is 16.0 Å². The van der Waals surface area contributed by atoms with Crippen LogP contribution in [0.3, 0.4) is 0 Å². The van der Waals surface area contributed by atoms with Crippen molar-refractivity contribution in [1.82, 2.24) is 10.6 Å². The lowest BCUT2D eigenvalue weighted by atomic mass is 10.0. The van der Waals surface area contributed by atoms with Gasteiger partial charge in [-0.3, -0.25) is 14.4 Å². The van der Waals surface area contributed by atoms with E-state index in [4.69, 9.17) is 11.6 Å². The van der Waals surface area contributed by atoms with Crippen LogP contribution in [0, 0.1) is 0 Å². The van der Waals surface area contributed by atoms with E-state index in [9.17, 15) is 14.4 Å². The summed E-state index contributed by atoms with van der Waals surface area (Å²) in [6, 6.07) is 40.8. The number of rotatable bonds is 10. The summed E-state index contributed by atoms with van der Waals surface area (Å²) in [6.45, 7) is 1.96. The molecule has 3 N–H and O–H groups in total. The van der Waals surface area contributed by atoms with E-state index in [1.54, 1.807) is 78.9 Å². The molecule has 1 atom stereocenters. The molecule has 1 unspecified atom stereocenters. The zero-order chi connectivity index (χ0) is 31.6. The van der Waals surface area contributed by atoms with Crippen LogP contribution in [0.1, 0.15) is 40.0 Å². The second-order valence-corrected chi connectivity index (χ2v) is 11.0. The highest BCUT2D eigenvalue weighted by atomic mass is 35.5. The van der Waals surface area contributed by atoms with Crippen molar-refractivity contribution < 1.29 is 14.4 Å². The number of hydrogen-bond donors (Lipinski definition) is 3. The van der Waals surface area contributed by atoms with Gasteiger partial charge in [-0.1, -0.05) is 109 Å². The highest BCUT2D eigenvalue weighted by Gasteiger charge is 2.16. The van der Waals surface area contributed by atoms with Crippen molar-refractivity contribution in [2.45, 2.75) is 19.4 Å². The monoisotopic (exact) mass is 613 g/mol. The first-order valence-electron chi connectivity index (χ1n) is 14.5. The Morgan fingerprint density at radius 3 is 1.96 bits per heavy atom. The lowest BCUT2D eigenvalue weighted by molar-refractivity contribution is -0.121. The Labute approximate surface area is 267 Å². The zero-order valence-corrected chi connectivity index (χ0v) is 25.4. The van der Waals surface area contributed by atoms with E-state index in [1.165, 1.54) is 0 Å². The summed E-state index contributed by atoms with van der Waals surface area (Å²) in [4.78, 5) is 39.0. The maximum atomic E-state index is 13.3. The molecule has 7 heteroatoms. The Hall–Kier alpha value is -5.46. The molecule has 5 aromatic carbocycles. The Bertz CT molecular complexity index is 1790. The number of amides is 3. The van der Waals surface area contributed by atoms with E-state index in [0.29, 0.717) is 21.8 Å². The largest absolute Gasteiger partial charge is 0.349 e. The fourth-order valence-electron chi connectivity index (χ4n) is 4.73. The molecule has 0 aromatic heterocycles. The van der Waals surface area contributed by atoms with Gasteiger partial charge in [-0.05, 0) is 77.2 Å². The topological polar surface area (TPSA) is 87.3 Å². The minimum atomic E-state index is -0.494. The molecule has 0 radical (unpaired) electrons. The van der Waals surface area contributed by atoms with Crippen LogP contribution in [0.5, 0.6) is 0 Å². The van der Waals surface area contributed by atoms with Crippen molar-refractivity contribution in [2.75, 3.05) is 5.32 Å². The molecule has 45 heavy (non-hydrogen) atoms. The summed E-state index contributed by atoms with van der Waals surface area (Å²) in [6.07, 6.45) is 1.77. The van der Waals surface area contributed by atoms with Crippen LogP contribution in [0.2, 0.25) is 5.02 Å². The quantitative estimate of drug-likeness (QED) is 0.140. The summed E-state index contributed by atoms with van der Waals surface area (Å²) < 4.78 is 0. The molecule has 0 saturated heterocycles. The molecule has 5 rings (SSSR count). The van der Waals surface area contributed by atoms with Crippen LogP contribution < -0.4 is 16.0 Å². The van der Waals surface area contributed by atoms with Gasteiger partial charge in [0.25, 0.3) is 11.8 Å². The second-order valence-electron chi connectivity index (χ2n) is 10.5. The molecule has 3 amide bonds. The smallest absolute Gasteiger partial charge is 0.272 e. The second kappa shape index (κ2) is 14.8. The number of nitrogens with one attached hydrogen (secondary N) is 3. The Morgan fingerprint density at radius 1 is 0.711 bits per heavy atom. The number of hydrogen-bond acceptors (Lipinski definition) is 3. The van der Waals surface area contributed by atoms with Gasteiger partial charge in [0.1, 0.15) is 5.70 Å². The van der Waals surface area contributed by atoms with E-state index in [2.05, 4.69) is 40.2 Å². The van der Waals surface area contributed by atoms with E-state index in [1.807, 2.05) is 43.3 Å². The van der Waals surface area contributed by atoms with E-state index in [0.717, 1.165) is 22.3 Å². The molecule has 0 aliphatic rings. The molecule has 0 fully saturated rings. The van der Waals surface area contributed by atoms with Crippen molar-refractivity contribution in [1.29, 1.82) is 0 Å². The van der Waals surface area contributed by atoms with Gasteiger partial charge in [-0.2, -0.15) is 0 Å². The molecular formula is C38H32ClN3O3. The van der Waals surface area contributed by atoms with Crippen molar-refractivity contribution in [3.8, 4) is 11.1 Å². The van der Waals surface area contributed by atoms with Crippen molar-refractivity contribution in [2.24, 2.45) is 0 Å². The van der Waals surface area contributed by atoms with Gasteiger partial charge in [0.2, 0.25) is 5.91 Å². The molecule has 5 aromatic rings. The van der Waals surface area contributed by atoms with Crippen molar-refractivity contribution in [3.63, 3.8) is 0 Å². The number of benzene rings is 5. The van der Waals surface area contributed by atoms with Crippen molar-refractivity contribution in [3.05, 3.63) is 166 Å². The molecule has 0 saturated carbocycles. The van der Waals surface area contributed by atoms with Gasteiger partial charge in [0.15, 0.2) is 0 Å². The maximum Gasteiger partial charge on any atom is 0.272 e. The van der Waals surface area contributed by atoms with Gasteiger partial charge in [-0.15, -0.1) is 0 Å². The highest BCUT2D eigenvalue weighted by Crippen LogP contribution is 2.22.